The smallest absolute Gasteiger partial charge is 0.394 e. The predicted octanol–water partition coefficient (Wildman–Crippen LogP) is -2.78. The molecule has 13 heteroatoms. The number of ether oxygens (including phenoxy) is 1. The van der Waals surface area contributed by atoms with Gasteiger partial charge < -0.3 is 35.9 Å². The monoisotopic (exact) mass is 328 g/mol. The van der Waals surface area contributed by atoms with Crippen molar-refractivity contribution in [3.05, 3.63) is 20.5 Å². The van der Waals surface area contributed by atoms with E-state index in [0.717, 1.165) is 4.57 Å². The lowest BCUT2D eigenvalue weighted by molar-refractivity contribution is -0.398. The van der Waals surface area contributed by atoms with Crippen LogP contribution >= 0.6 is 0 Å². The zero-order chi connectivity index (χ0) is 16.9. The van der Waals surface area contributed by atoms with Crippen LogP contribution in [0.1, 0.15) is 6.23 Å². The van der Waals surface area contributed by atoms with Gasteiger partial charge in [0.05, 0.1) is 6.61 Å². The van der Waals surface area contributed by atoms with Crippen LogP contribution in [0.5, 0.6) is 0 Å². The summed E-state index contributed by atoms with van der Waals surface area (Å²) < 4.78 is 5.99. The van der Waals surface area contributed by atoms with Crippen LogP contribution in [0.25, 0.3) is 11.2 Å². The summed E-state index contributed by atoms with van der Waals surface area (Å²) in [6, 6.07) is 0. The number of nitrogens with zero attached hydrogens (tertiary/aromatic N) is 4. The number of nitro groups is 1. The minimum atomic E-state index is -1.61. The molecule has 3 rings (SSSR count). The number of hydrogen-bond acceptors (Lipinski definition) is 10. The summed E-state index contributed by atoms with van der Waals surface area (Å²) in [7, 11) is 0. The third-order valence-electron chi connectivity index (χ3n) is 3.49. The van der Waals surface area contributed by atoms with Gasteiger partial charge in [-0.25, -0.2) is 0 Å². The minimum Gasteiger partial charge on any atom is -0.394 e. The lowest BCUT2D eigenvalue weighted by atomic mass is 10.1. The van der Waals surface area contributed by atoms with Gasteiger partial charge in [-0.15, -0.1) is 0 Å². The molecule has 0 radical (unpaired) electrons. The van der Waals surface area contributed by atoms with Crippen LogP contribution in [0, 0.1) is 10.1 Å². The Labute approximate surface area is 126 Å². The van der Waals surface area contributed by atoms with Gasteiger partial charge in [-0.1, -0.05) is 4.98 Å². The van der Waals surface area contributed by atoms with Crippen molar-refractivity contribution < 1.29 is 25.0 Å². The third-order valence-corrected chi connectivity index (χ3v) is 3.49. The summed E-state index contributed by atoms with van der Waals surface area (Å²) in [5, 5.41) is 40.1. The topological polar surface area (TPSA) is 203 Å². The Bertz CT molecular complexity index is 831. The summed E-state index contributed by atoms with van der Waals surface area (Å²) in [6.07, 6.45) is -5.72. The Morgan fingerprint density at radius 3 is 2.65 bits per heavy atom. The number of aromatic nitrogens is 4. The van der Waals surface area contributed by atoms with E-state index in [-0.39, 0.29) is 17.1 Å². The summed E-state index contributed by atoms with van der Waals surface area (Å²) in [4.78, 5) is 31.6. The molecule has 2 unspecified atom stereocenters. The summed E-state index contributed by atoms with van der Waals surface area (Å²) >= 11 is 0. The van der Waals surface area contributed by atoms with Crippen molar-refractivity contribution in [2.45, 2.75) is 24.5 Å². The summed E-state index contributed by atoms with van der Waals surface area (Å²) in [6.45, 7) is -0.620. The number of nitrogens with two attached hydrogens (primary N) is 1. The first-order chi connectivity index (χ1) is 10.8. The highest BCUT2D eigenvalue weighted by Crippen LogP contribution is 2.34. The Morgan fingerprint density at radius 2 is 2.09 bits per heavy atom. The number of aliphatic hydroxyl groups is 3. The standard InChI is InChI=1S/C10H12N6O7/c11-9-13-6-3(7(20)14-9)12-10(16(21)22)15(6)8-5(19)4(18)2(1-17)23-8/h2,4-5,8,17-19H,1H2,(H3,11,13,14,20)/t2-,4?,5?,8-/m1/s1. The Hall–Kier alpha value is -2.61. The van der Waals surface area contributed by atoms with E-state index in [1.807, 2.05) is 0 Å². The molecule has 0 aromatic carbocycles. The number of hydrogen-bond donors (Lipinski definition) is 5. The highest BCUT2D eigenvalue weighted by molar-refractivity contribution is 5.73. The molecule has 13 nitrogen and oxygen atoms in total. The fourth-order valence-electron chi connectivity index (χ4n) is 2.45. The van der Waals surface area contributed by atoms with Crippen LogP contribution in [0.4, 0.5) is 11.9 Å². The summed E-state index contributed by atoms with van der Waals surface area (Å²) in [5.41, 5.74) is 3.96. The molecule has 0 amide bonds. The largest absolute Gasteiger partial charge is 0.439 e. The molecule has 2 aromatic rings. The van der Waals surface area contributed by atoms with Crippen molar-refractivity contribution in [3.8, 4) is 0 Å². The van der Waals surface area contributed by atoms with Gasteiger partial charge in [0.1, 0.15) is 18.3 Å². The molecule has 3 heterocycles. The van der Waals surface area contributed by atoms with Gasteiger partial charge in [-0.3, -0.25) is 9.78 Å². The molecule has 23 heavy (non-hydrogen) atoms. The van der Waals surface area contributed by atoms with Crippen LogP contribution in [-0.2, 0) is 4.74 Å². The van der Waals surface area contributed by atoms with Crippen LogP contribution < -0.4 is 11.3 Å². The SMILES string of the molecule is Nc1nc2c(nc([N+](=O)[O-])n2[C@@H]2O[C@H](CO)C(O)C2O)c(=O)[nH]1. The summed E-state index contributed by atoms with van der Waals surface area (Å²) in [5.74, 6) is -1.14. The van der Waals surface area contributed by atoms with Crippen LogP contribution in [0.3, 0.4) is 0 Å². The average Bonchev–Trinajstić information content (AvgIpc) is 2.99. The number of aromatic amines is 1. The zero-order valence-electron chi connectivity index (χ0n) is 11.4. The van der Waals surface area contributed by atoms with Crippen LogP contribution in [0.15, 0.2) is 4.79 Å². The number of anilines is 1. The van der Waals surface area contributed by atoms with E-state index in [2.05, 4.69) is 15.0 Å². The lowest BCUT2D eigenvalue weighted by Crippen LogP contribution is -2.33. The van der Waals surface area contributed by atoms with Gasteiger partial charge in [0.2, 0.25) is 17.8 Å². The van der Waals surface area contributed by atoms with E-state index >= 15 is 0 Å². The molecule has 1 fully saturated rings. The number of aliphatic hydroxyl groups excluding tert-OH is 3. The average molecular weight is 328 g/mol. The maximum absolute atomic E-state index is 11.8. The van der Waals surface area contributed by atoms with Crippen molar-refractivity contribution in [2.24, 2.45) is 0 Å². The first-order valence-electron chi connectivity index (χ1n) is 6.39. The number of H-pyrrole nitrogens is 1. The number of nitrogen functional groups attached to an aromatic ring is 1. The molecule has 1 aliphatic heterocycles. The van der Waals surface area contributed by atoms with Crippen molar-refractivity contribution in [2.75, 3.05) is 12.3 Å². The normalized spacial score (nSPS) is 27.6. The van der Waals surface area contributed by atoms with Crippen molar-refractivity contribution in [1.29, 1.82) is 0 Å². The van der Waals surface area contributed by atoms with Gasteiger partial charge in [-0.2, -0.15) is 9.55 Å². The number of nitrogens with one attached hydrogen (secondary N) is 1. The molecule has 0 bridgehead atoms. The maximum atomic E-state index is 11.8. The van der Waals surface area contributed by atoms with Crippen molar-refractivity contribution in [1.82, 2.24) is 19.5 Å². The van der Waals surface area contributed by atoms with Gasteiger partial charge in [0.25, 0.3) is 11.1 Å². The maximum Gasteiger partial charge on any atom is 0.439 e. The quantitative estimate of drug-likeness (QED) is 0.289. The lowest BCUT2D eigenvalue weighted by Gasteiger charge is -2.13. The molecule has 0 saturated carbocycles. The molecule has 2 aromatic heterocycles. The second-order valence-electron chi connectivity index (χ2n) is 4.89. The second-order valence-corrected chi connectivity index (χ2v) is 4.89. The zero-order valence-corrected chi connectivity index (χ0v) is 11.4. The highest BCUT2D eigenvalue weighted by atomic mass is 16.6. The Morgan fingerprint density at radius 1 is 1.39 bits per heavy atom. The second kappa shape index (κ2) is 5.24. The first kappa shape index (κ1) is 15.3. The highest BCUT2D eigenvalue weighted by Gasteiger charge is 2.48. The van der Waals surface area contributed by atoms with E-state index < -0.39 is 47.6 Å². The first-order valence-corrected chi connectivity index (χ1v) is 6.39. The molecular weight excluding hydrogens is 316 g/mol. The van der Waals surface area contributed by atoms with Crippen molar-refractivity contribution >= 4 is 23.1 Å². The van der Waals surface area contributed by atoms with E-state index in [1.54, 1.807) is 0 Å². The van der Waals surface area contributed by atoms with Crippen molar-refractivity contribution in [3.63, 3.8) is 0 Å². The van der Waals surface area contributed by atoms with E-state index in [0.29, 0.717) is 0 Å². The third kappa shape index (κ3) is 2.22. The van der Waals surface area contributed by atoms with E-state index in [9.17, 15) is 25.1 Å². The molecule has 0 spiro atoms. The number of fused-ring (bicyclic) bond motifs is 1. The van der Waals surface area contributed by atoms with Gasteiger partial charge >= 0.3 is 5.95 Å². The van der Waals surface area contributed by atoms with Gasteiger partial charge in [0.15, 0.2) is 0 Å². The van der Waals surface area contributed by atoms with Crippen LogP contribution in [-0.4, -0.2) is 64.7 Å². The molecule has 1 saturated heterocycles. The fraction of sp³-hybridized carbons (Fsp3) is 0.500. The van der Waals surface area contributed by atoms with Crippen LogP contribution in [0.2, 0.25) is 0 Å². The Balaban J connectivity index is 2.25. The molecule has 0 aliphatic carbocycles. The molecule has 124 valence electrons. The minimum absolute atomic E-state index is 0.284. The van der Waals surface area contributed by atoms with E-state index in [1.165, 1.54) is 0 Å². The predicted molar refractivity (Wildman–Crippen MR) is 72.2 cm³/mol. The fourth-order valence-corrected chi connectivity index (χ4v) is 2.45. The molecular formula is C10H12N6O7. The van der Waals surface area contributed by atoms with Gasteiger partial charge in [0, 0.05) is 0 Å². The Kier molecular flexibility index (Phi) is 3.48. The van der Waals surface area contributed by atoms with Gasteiger partial charge in [-0.05, 0) is 4.92 Å². The molecule has 1 aliphatic rings. The number of imidazole rings is 1. The molecule has 4 atom stereocenters. The molecule has 6 N–H and O–H groups in total. The van der Waals surface area contributed by atoms with E-state index in [4.69, 9.17) is 15.6 Å². The number of rotatable bonds is 3.